The number of hydrogen-bond donors (Lipinski definition) is 1. The smallest absolute Gasteiger partial charge is 0.148 e. The second-order valence-electron chi connectivity index (χ2n) is 18.4. The monoisotopic (exact) mass is 974 g/mol. The van der Waals surface area contributed by atoms with Crippen molar-refractivity contribution in [1.29, 1.82) is 0 Å². The van der Waals surface area contributed by atoms with Crippen molar-refractivity contribution in [1.82, 2.24) is 14.5 Å². The number of aromatic hydroxyl groups is 1. The largest absolute Gasteiger partial charge is 0.507 e. The third-order valence-electron chi connectivity index (χ3n) is 11.0. The number of hydrogen-bond acceptors (Lipinski definition) is 3. The average Bonchev–Trinajstić information content (AvgIpc) is 3.64. The molecular formula is C55H54N3OPt-. The zero-order valence-electron chi connectivity index (χ0n) is 42.6. The molecule has 0 unspecified atom stereocenters. The van der Waals surface area contributed by atoms with Crippen LogP contribution in [0.15, 0.2) is 140 Å². The Balaban J connectivity index is 0.00000666. The van der Waals surface area contributed by atoms with Gasteiger partial charge in [-0.05, 0) is 87.3 Å². The van der Waals surface area contributed by atoms with Crippen LogP contribution in [0, 0.1) is 12.9 Å². The molecule has 0 spiro atoms. The molecule has 8 rings (SSSR count). The summed E-state index contributed by atoms with van der Waals surface area (Å²) in [4.78, 5) is 10.2. The van der Waals surface area contributed by atoms with Gasteiger partial charge in [-0.15, -0.1) is 29.3 Å². The van der Waals surface area contributed by atoms with Crippen molar-refractivity contribution in [3.63, 3.8) is 0 Å². The molecule has 306 valence electrons. The fraction of sp³-hybridized carbons (Fsp3) is 0.236. The third kappa shape index (κ3) is 8.41. The summed E-state index contributed by atoms with van der Waals surface area (Å²) in [5, 5.41) is 11.7. The Morgan fingerprint density at radius 3 is 1.92 bits per heavy atom. The number of pyridine rings is 1. The second kappa shape index (κ2) is 16.1. The van der Waals surface area contributed by atoms with E-state index in [1.54, 1.807) is 24.4 Å². The van der Waals surface area contributed by atoms with E-state index >= 15 is 0 Å². The Labute approximate surface area is 380 Å². The summed E-state index contributed by atoms with van der Waals surface area (Å²) < 4.78 is 60.6. The third-order valence-corrected chi connectivity index (χ3v) is 11.0. The maximum absolute atomic E-state index is 11.7. The molecule has 0 fully saturated rings. The van der Waals surface area contributed by atoms with Crippen LogP contribution in [0.3, 0.4) is 0 Å². The Bertz CT molecular complexity index is 3160. The summed E-state index contributed by atoms with van der Waals surface area (Å²) in [5.41, 5.74) is 10.0. The summed E-state index contributed by atoms with van der Waals surface area (Å²) in [6, 6.07) is 37.8. The minimum absolute atomic E-state index is 0. The summed E-state index contributed by atoms with van der Waals surface area (Å²) in [6.07, 6.45) is 1.55. The molecule has 0 aliphatic heterocycles. The fourth-order valence-corrected chi connectivity index (χ4v) is 7.45. The van der Waals surface area contributed by atoms with E-state index in [9.17, 15) is 5.11 Å². The van der Waals surface area contributed by atoms with Crippen molar-refractivity contribution in [2.24, 2.45) is 0 Å². The Hall–Kier alpha value is -5.57. The molecule has 5 heteroatoms. The number of benzene rings is 6. The van der Waals surface area contributed by atoms with Gasteiger partial charge in [0.2, 0.25) is 0 Å². The summed E-state index contributed by atoms with van der Waals surface area (Å²) >= 11 is 0. The van der Waals surface area contributed by atoms with Gasteiger partial charge in [-0.2, -0.15) is 0 Å². The van der Waals surface area contributed by atoms with Crippen molar-refractivity contribution < 1.29 is 35.8 Å². The van der Waals surface area contributed by atoms with E-state index in [4.69, 9.17) is 19.6 Å². The van der Waals surface area contributed by atoms with Gasteiger partial charge < -0.3 is 5.11 Å². The van der Waals surface area contributed by atoms with Crippen molar-refractivity contribution in [3.05, 3.63) is 168 Å². The average molecular weight is 975 g/mol. The standard InChI is InChI=1S/C55H54N3O.Pt/c1-35-19-21-36(22-20-35)38-27-28-56-47(32-38)40-29-39(30-43(31-40)55(8,9)10)44-17-14-18-49-51(44)57-52(46-34-42(54(5,6)7)24-26-50(46)59)58(49)48-25-23-41(53(2,3)4)33-45(48)37-15-12-11-13-16-37;/h11-28,30-34,59H,1-10H3;/q-1;/i1D3,19D,20D,21D,22D;. The van der Waals surface area contributed by atoms with Gasteiger partial charge in [-0.3, -0.25) is 9.55 Å². The molecule has 0 saturated carbocycles. The van der Waals surface area contributed by atoms with E-state index in [-0.39, 0.29) is 48.6 Å². The van der Waals surface area contributed by atoms with E-state index in [1.807, 2.05) is 48.5 Å². The number of phenols is 1. The number of phenolic OH excluding ortho intramolecular Hbond substituents is 1. The number of fused-ring (bicyclic) bond motifs is 1. The van der Waals surface area contributed by atoms with Crippen LogP contribution in [-0.4, -0.2) is 19.6 Å². The molecule has 0 bridgehead atoms. The van der Waals surface area contributed by atoms with Crippen LogP contribution in [0.1, 0.15) is 94.2 Å². The van der Waals surface area contributed by atoms with Gasteiger partial charge in [0.1, 0.15) is 11.6 Å². The van der Waals surface area contributed by atoms with E-state index < -0.39 is 36.6 Å². The van der Waals surface area contributed by atoms with E-state index in [0.29, 0.717) is 33.7 Å². The van der Waals surface area contributed by atoms with E-state index in [1.165, 1.54) is 5.56 Å². The van der Waals surface area contributed by atoms with Crippen LogP contribution in [0.25, 0.3) is 72.7 Å². The first-order chi connectivity index (χ1) is 30.8. The van der Waals surface area contributed by atoms with Crippen molar-refractivity contribution >= 4 is 11.0 Å². The maximum Gasteiger partial charge on any atom is 0.148 e. The van der Waals surface area contributed by atoms with Crippen molar-refractivity contribution in [2.45, 2.75) is 85.4 Å². The summed E-state index contributed by atoms with van der Waals surface area (Å²) in [5.74, 6) is 0.686. The van der Waals surface area contributed by atoms with Crippen LogP contribution in [0.2, 0.25) is 0 Å². The van der Waals surface area contributed by atoms with Crippen molar-refractivity contribution in [3.8, 4) is 67.5 Å². The maximum atomic E-state index is 11.7. The zero-order valence-corrected chi connectivity index (χ0v) is 37.8. The number of nitrogens with zero attached hydrogens (tertiary/aromatic N) is 3. The predicted molar refractivity (Wildman–Crippen MR) is 247 cm³/mol. The zero-order chi connectivity index (χ0) is 47.8. The van der Waals surface area contributed by atoms with Gasteiger partial charge in [-0.1, -0.05) is 164 Å². The normalized spacial score (nSPS) is 14.0. The van der Waals surface area contributed by atoms with Gasteiger partial charge >= 0.3 is 0 Å². The van der Waals surface area contributed by atoms with Gasteiger partial charge in [0, 0.05) is 42.6 Å². The van der Waals surface area contributed by atoms with Crippen LogP contribution in [0.5, 0.6) is 5.75 Å². The summed E-state index contributed by atoms with van der Waals surface area (Å²) in [7, 11) is 0. The van der Waals surface area contributed by atoms with Crippen LogP contribution >= 0.6 is 0 Å². The minimum Gasteiger partial charge on any atom is -0.507 e. The predicted octanol–water partition coefficient (Wildman–Crippen LogP) is 14.5. The quantitative estimate of drug-likeness (QED) is 0.169. The molecular weight excluding hydrogens is 914 g/mol. The molecule has 0 radical (unpaired) electrons. The molecule has 8 aromatic rings. The molecule has 0 aliphatic carbocycles. The molecule has 4 nitrogen and oxygen atoms in total. The first-order valence-corrected chi connectivity index (χ1v) is 20.1. The SMILES string of the molecule is [2H]c1c([2H])c(C([2H])([2H])[2H])c([2H])c([2H])c1-c1ccnc(-c2[c-]c(-c3cccc4c3nc(-c3cc(C(C)(C)C)ccc3O)n4-c3ccc(C(C)(C)C)cc3-c3ccccc3)cc(C(C)(C)C)c2)c1.[Pt]. The van der Waals surface area contributed by atoms with Crippen molar-refractivity contribution in [2.75, 3.05) is 0 Å². The molecule has 1 N–H and O–H groups in total. The van der Waals surface area contributed by atoms with E-state index in [2.05, 4.69) is 115 Å². The van der Waals surface area contributed by atoms with Crippen LogP contribution in [0.4, 0.5) is 0 Å². The number of rotatable bonds is 6. The second-order valence-corrected chi connectivity index (χ2v) is 18.4. The topological polar surface area (TPSA) is 50.9 Å². The molecule has 0 amide bonds. The van der Waals surface area contributed by atoms with Gasteiger partial charge in [0.25, 0.3) is 0 Å². The van der Waals surface area contributed by atoms with Gasteiger partial charge in [0.05, 0.1) is 27.8 Å². The first-order valence-electron chi connectivity index (χ1n) is 23.6. The molecule has 2 heterocycles. The van der Waals surface area contributed by atoms with Crippen LogP contribution in [-0.2, 0) is 37.3 Å². The van der Waals surface area contributed by atoms with Gasteiger partial charge in [-0.25, -0.2) is 4.98 Å². The molecule has 0 aliphatic rings. The molecule has 60 heavy (non-hydrogen) atoms. The van der Waals surface area contributed by atoms with Gasteiger partial charge in [0.15, 0.2) is 0 Å². The fourth-order valence-electron chi connectivity index (χ4n) is 7.45. The molecule has 2 aromatic heterocycles. The Morgan fingerprint density at radius 1 is 0.600 bits per heavy atom. The van der Waals surface area contributed by atoms with Crippen LogP contribution < -0.4 is 0 Å². The number of para-hydroxylation sites is 1. The van der Waals surface area contributed by atoms with E-state index in [0.717, 1.165) is 44.6 Å². The number of imidazole rings is 1. The summed E-state index contributed by atoms with van der Waals surface area (Å²) in [6.45, 7) is 16.6. The number of aromatic nitrogens is 3. The Morgan fingerprint density at radius 2 is 1.25 bits per heavy atom. The molecule has 0 atom stereocenters. The minimum atomic E-state index is -2.82. The Kier molecular flexibility index (Phi) is 9.19. The molecule has 0 saturated heterocycles. The first kappa shape index (κ1) is 34.2. The molecule has 6 aromatic carbocycles.